The standard InChI is InChI=1S/C9H11N3O2S2/c1-5-2-3-16-8(5)10-4-6(13)7-11-12-9(15)14-7/h2-3,6,10,13H,4H2,1H3,(H,12,15). The summed E-state index contributed by atoms with van der Waals surface area (Å²) in [5.74, 6) is 0.201. The highest BCUT2D eigenvalue weighted by molar-refractivity contribution is 7.71. The molecule has 2 rings (SSSR count). The van der Waals surface area contributed by atoms with Crippen LogP contribution in [0.3, 0.4) is 0 Å². The Morgan fingerprint density at radius 3 is 3.12 bits per heavy atom. The maximum atomic E-state index is 9.74. The van der Waals surface area contributed by atoms with Crippen molar-refractivity contribution in [1.82, 2.24) is 10.2 Å². The monoisotopic (exact) mass is 257 g/mol. The largest absolute Gasteiger partial charge is 0.411 e. The van der Waals surface area contributed by atoms with Crippen molar-refractivity contribution in [3.8, 4) is 0 Å². The van der Waals surface area contributed by atoms with Crippen LogP contribution in [0.2, 0.25) is 0 Å². The molecule has 0 radical (unpaired) electrons. The normalized spacial score (nSPS) is 12.6. The van der Waals surface area contributed by atoms with Crippen LogP contribution in [0.4, 0.5) is 5.00 Å². The third-order valence-electron chi connectivity index (χ3n) is 2.06. The summed E-state index contributed by atoms with van der Waals surface area (Å²) in [4.78, 5) is 0.168. The molecule has 7 heteroatoms. The van der Waals surface area contributed by atoms with E-state index < -0.39 is 6.10 Å². The number of aromatic nitrogens is 2. The van der Waals surface area contributed by atoms with E-state index in [0.29, 0.717) is 6.54 Å². The van der Waals surface area contributed by atoms with E-state index in [4.69, 9.17) is 16.6 Å². The van der Waals surface area contributed by atoms with Gasteiger partial charge >= 0.3 is 0 Å². The van der Waals surface area contributed by atoms with Crippen molar-refractivity contribution in [2.75, 3.05) is 11.9 Å². The molecule has 0 aliphatic rings. The van der Waals surface area contributed by atoms with E-state index in [2.05, 4.69) is 15.5 Å². The number of rotatable bonds is 4. The molecule has 86 valence electrons. The Kier molecular flexibility index (Phi) is 3.37. The summed E-state index contributed by atoms with van der Waals surface area (Å²) in [5, 5.41) is 22.1. The number of hydrogen-bond acceptors (Lipinski definition) is 6. The SMILES string of the molecule is Cc1ccsc1NCC(O)c1n[nH]c(=S)o1. The summed E-state index contributed by atoms with van der Waals surface area (Å²) in [6, 6.07) is 2.01. The molecule has 1 atom stereocenters. The Balaban J connectivity index is 1.96. The molecule has 16 heavy (non-hydrogen) atoms. The van der Waals surface area contributed by atoms with Crippen molar-refractivity contribution in [2.24, 2.45) is 0 Å². The number of hydrogen-bond donors (Lipinski definition) is 3. The second-order valence-corrected chi connectivity index (χ2v) is 4.57. The number of aryl methyl sites for hydroxylation is 1. The molecule has 0 amide bonds. The van der Waals surface area contributed by atoms with E-state index in [1.54, 1.807) is 11.3 Å². The molecule has 0 aromatic carbocycles. The van der Waals surface area contributed by atoms with Gasteiger partial charge in [-0.1, -0.05) is 0 Å². The molecule has 5 nitrogen and oxygen atoms in total. The lowest BCUT2D eigenvalue weighted by Gasteiger charge is -2.08. The number of aliphatic hydroxyl groups is 1. The van der Waals surface area contributed by atoms with Crippen LogP contribution in [0, 0.1) is 11.8 Å². The van der Waals surface area contributed by atoms with Gasteiger partial charge in [0.2, 0.25) is 5.89 Å². The fourth-order valence-electron chi connectivity index (χ4n) is 1.21. The maximum Gasteiger partial charge on any atom is 0.284 e. The molecular formula is C9H11N3O2S2. The minimum absolute atomic E-state index is 0.168. The third-order valence-corrected chi connectivity index (χ3v) is 3.21. The van der Waals surface area contributed by atoms with E-state index in [1.807, 2.05) is 18.4 Å². The van der Waals surface area contributed by atoms with Crippen molar-refractivity contribution in [2.45, 2.75) is 13.0 Å². The van der Waals surface area contributed by atoms with Crippen LogP contribution >= 0.6 is 23.6 Å². The number of H-pyrrole nitrogens is 1. The summed E-state index contributed by atoms with van der Waals surface area (Å²) in [5.41, 5.74) is 1.15. The zero-order chi connectivity index (χ0) is 11.5. The Bertz CT molecular complexity index is 517. The van der Waals surface area contributed by atoms with Crippen LogP contribution in [0.15, 0.2) is 15.9 Å². The molecule has 0 saturated carbocycles. The fourth-order valence-corrected chi connectivity index (χ4v) is 2.17. The first-order valence-electron chi connectivity index (χ1n) is 4.68. The highest BCUT2D eigenvalue weighted by Gasteiger charge is 2.13. The molecule has 0 bridgehead atoms. The molecule has 0 spiro atoms. The van der Waals surface area contributed by atoms with Gasteiger partial charge in [-0.3, -0.25) is 0 Å². The van der Waals surface area contributed by atoms with Gasteiger partial charge < -0.3 is 14.8 Å². The third kappa shape index (κ3) is 2.49. The van der Waals surface area contributed by atoms with Crippen LogP contribution in [-0.4, -0.2) is 21.8 Å². The Labute approximate surface area is 101 Å². The Hall–Kier alpha value is -1.18. The zero-order valence-corrected chi connectivity index (χ0v) is 10.2. The highest BCUT2D eigenvalue weighted by atomic mass is 32.1. The van der Waals surface area contributed by atoms with Gasteiger partial charge in [-0.05, 0) is 36.2 Å². The second kappa shape index (κ2) is 4.77. The predicted octanol–water partition coefficient (Wildman–Crippen LogP) is 2.25. The van der Waals surface area contributed by atoms with Crippen molar-refractivity contribution in [1.29, 1.82) is 0 Å². The summed E-state index contributed by atoms with van der Waals surface area (Å²) >= 11 is 6.31. The van der Waals surface area contributed by atoms with Crippen LogP contribution in [0.5, 0.6) is 0 Å². The van der Waals surface area contributed by atoms with Crippen LogP contribution in [-0.2, 0) is 0 Å². The van der Waals surface area contributed by atoms with Crippen molar-refractivity contribution in [3.63, 3.8) is 0 Å². The maximum absolute atomic E-state index is 9.74. The Morgan fingerprint density at radius 1 is 1.75 bits per heavy atom. The fraction of sp³-hybridized carbons (Fsp3) is 0.333. The number of aliphatic hydroxyl groups excluding tert-OH is 1. The summed E-state index contributed by atoms with van der Waals surface area (Å²) in [6.45, 7) is 2.34. The van der Waals surface area contributed by atoms with Crippen molar-refractivity contribution < 1.29 is 9.52 Å². The van der Waals surface area contributed by atoms with Crippen molar-refractivity contribution in [3.05, 3.63) is 27.7 Å². The molecule has 2 aromatic rings. The topological polar surface area (TPSA) is 74.1 Å². The smallest absolute Gasteiger partial charge is 0.284 e. The lowest BCUT2D eigenvalue weighted by atomic mass is 10.3. The van der Waals surface area contributed by atoms with E-state index >= 15 is 0 Å². The molecule has 0 saturated heterocycles. The number of aromatic amines is 1. The molecule has 1 unspecified atom stereocenters. The lowest BCUT2D eigenvalue weighted by Crippen LogP contribution is -2.12. The average molecular weight is 257 g/mol. The van der Waals surface area contributed by atoms with E-state index in [9.17, 15) is 5.11 Å². The number of nitrogens with one attached hydrogen (secondary N) is 2. The minimum atomic E-state index is -0.811. The van der Waals surface area contributed by atoms with Gasteiger partial charge in [0.25, 0.3) is 4.84 Å². The first-order valence-corrected chi connectivity index (χ1v) is 5.97. The molecule has 3 N–H and O–H groups in total. The molecule has 0 aliphatic carbocycles. The van der Waals surface area contributed by atoms with Gasteiger partial charge in [0.1, 0.15) is 6.10 Å². The van der Waals surface area contributed by atoms with Gasteiger partial charge in [0.15, 0.2) is 0 Å². The highest BCUT2D eigenvalue weighted by Crippen LogP contribution is 2.22. The van der Waals surface area contributed by atoms with E-state index in [0.717, 1.165) is 10.6 Å². The van der Waals surface area contributed by atoms with Gasteiger partial charge in [-0.25, -0.2) is 5.10 Å². The van der Waals surface area contributed by atoms with Gasteiger partial charge in [0.05, 0.1) is 11.5 Å². The number of nitrogens with zero attached hydrogens (tertiary/aromatic N) is 1. The molecule has 2 aromatic heterocycles. The van der Waals surface area contributed by atoms with Gasteiger partial charge in [-0.15, -0.1) is 16.4 Å². The minimum Gasteiger partial charge on any atom is -0.411 e. The molecular weight excluding hydrogens is 246 g/mol. The summed E-state index contributed by atoms with van der Waals surface area (Å²) in [6.07, 6.45) is -0.811. The number of anilines is 1. The second-order valence-electron chi connectivity index (χ2n) is 3.28. The molecule has 2 heterocycles. The average Bonchev–Trinajstić information content (AvgIpc) is 2.84. The number of thiophene rings is 1. The quantitative estimate of drug-likeness (QED) is 0.733. The van der Waals surface area contributed by atoms with Gasteiger partial charge in [0, 0.05) is 0 Å². The Morgan fingerprint density at radius 2 is 2.56 bits per heavy atom. The van der Waals surface area contributed by atoms with Crippen LogP contribution in [0.1, 0.15) is 17.6 Å². The summed E-state index contributed by atoms with van der Waals surface area (Å²) in [7, 11) is 0. The van der Waals surface area contributed by atoms with Crippen LogP contribution in [0.25, 0.3) is 0 Å². The van der Waals surface area contributed by atoms with E-state index in [1.165, 1.54) is 0 Å². The van der Waals surface area contributed by atoms with E-state index in [-0.39, 0.29) is 10.7 Å². The lowest BCUT2D eigenvalue weighted by molar-refractivity contribution is 0.155. The summed E-state index contributed by atoms with van der Waals surface area (Å²) < 4.78 is 5.01. The van der Waals surface area contributed by atoms with Gasteiger partial charge in [-0.2, -0.15) is 0 Å². The van der Waals surface area contributed by atoms with Crippen molar-refractivity contribution >= 4 is 28.6 Å². The van der Waals surface area contributed by atoms with Crippen LogP contribution < -0.4 is 5.32 Å². The first kappa shape index (κ1) is 11.3. The zero-order valence-electron chi connectivity index (χ0n) is 8.56. The first-order chi connectivity index (χ1) is 7.66. The molecule has 0 aliphatic heterocycles. The molecule has 0 fully saturated rings. The predicted molar refractivity (Wildman–Crippen MR) is 64.2 cm³/mol.